The van der Waals surface area contributed by atoms with E-state index in [-0.39, 0.29) is 11.4 Å². The number of imide groups is 1. The smallest absolute Gasteiger partial charge is 0.294 e. The van der Waals surface area contributed by atoms with Gasteiger partial charge in [-0.15, -0.1) is 0 Å². The number of morpholine rings is 1. The summed E-state index contributed by atoms with van der Waals surface area (Å²) in [5.74, 6) is 0.175. The highest BCUT2D eigenvalue weighted by atomic mass is 127. The van der Waals surface area contributed by atoms with Crippen LogP contribution in [0.5, 0.6) is 11.5 Å². The molecule has 2 saturated heterocycles. The molecular weight excluding hydrogens is 717 g/mol. The van der Waals surface area contributed by atoms with E-state index in [1.807, 2.05) is 61.5 Å². The van der Waals surface area contributed by atoms with E-state index in [4.69, 9.17) is 14.2 Å². The summed E-state index contributed by atoms with van der Waals surface area (Å²) < 4.78 is 18.5. The van der Waals surface area contributed by atoms with Crippen molar-refractivity contribution in [3.05, 3.63) is 98.5 Å². The molecule has 0 radical (unpaired) electrons. The van der Waals surface area contributed by atoms with Crippen LogP contribution in [0.2, 0.25) is 0 Å². The second kappa shape index (κ2) is 14.6. The maximum absolute atomic E-state index is 13.3. The minimum absolute atomic E-state index is 0.231. The second-order valence-electron chi connectivity index (χ2n) is 10.6. The molecule has 0 unspecified atom stereocenters. The minimum atomic E-state index is -0.518. The summed E-state index contributed by atoms with van der Waals surface area (Å²) >= 11 is 3.00. The zero-order chi connectivity index (χ0) is 32.0. The number of para-hydroxylation sites is 2. The van der Waals surface area contributed by atoms with Crippen molar-refractivity contribution >= 4 is 79.6 Å². The summed E-state index contributed by atoms with van der Waals surface area (Å²) in [6.45, 7) is 4.92. The van der Waals surface area contributed by atoms with Crippen molar-refractivity contribution in [2.24, 2.45) is 0 Å². The van der Waals surface area contributed by atoms with Gasteiger partial charge in [0.2, 0.25) is 5.91 Å². The molecule has 4 aromatic carbocycles. The number of ether oxygens (including phenoxy) is 3. The molecule has 0 aromatic heterocycles. The number of fused-ring (bicyclic) bond motifs is 1. The number of benzene rings is 4. The number of nitrogens with one attached hydrogen (secondary N) is 1. The lowest BCUT2D eigenvalue weighted by Gasteiger charge is -2.30. The van der Waals surface area contributed by atoms with Gasteiger partial charge >= 0.3 is 0 Å². The Morgan fingerprint density at radius 1 is 1.00 bits per heavy atom. The van der Waals surface area contributed by atoms with Crippen LogP contribution in [0.3, 0.4) is 0 Å². The van der Waals surface area contributed by atoms with Gasteiger partial charge in [-0.2, -0.15) is 0 Å². The van der Waals surface area contributed by atoms with Crippen LogP contribution in [0.1, 0.15) is 18.1 Å². The van der Waals surface area contributed by atoms with Crippen LogP contribution in [0.25, 0.3) is 16.8 Å². The third kappa shape index (κ3) is 7.16. The minimum Gasteiger partial charge on any atom is -0.490 e. The van der Waals surface area contributed by atoms with Crippen molar-refractivity contribution in [2.75, 3.05) is 49.7 Å². The van der Waals surface area contributed by atoms with Gasteiger partial charge in [-0.1, -0.05) is 54.6 Å². The number of thioether (sulfide) groups is 1. The predicted octanol–water partition coefficient (Wildman–Crippen LogP) is 6.93. The molecule has 0 atom stereocenters. The summed E-state index contributed by atoms with van der Waals surface area (Å²) in [6, 6.07) is 25.5. The Morgan fingerprint density at radius 3 is 2.59 bits per heavy atom. The van der Waals surface area contributed by atoms with Crippen LogP contribution in [0.15, 0.2) is 83.8 Å². The molecule has 2 heterocycles. The summed E-state index contributed by atoms with van der Waals surface area (Å²) in [5.41, 5.74) is 3.23. The molecule has 236 valence electrons. The first-order valence-corrected chi connectivity index (χ1v) is 16.8. The number of hydrogen-bond donors (Lipinski definition) is 1. The van der Waals surface area contributed by atoms with Crippen molar-refractivity contribution in [1.29, 1.82) is 0 Å². The van der Waals surface area contributed by atoms with Gasteiger partial charge in [-0.25, -0.2) is 0 Å². The van der Waals surface area contributed by atoms with Crippen LogP contribution >= 0.6 is 34.4 Å². The number of anilines is 2. The van der Waals surface area contributed by atoms with Crippen LogP contribution in [0, 0.1) is 3.57 Å². The van der Waals surface area contributed by atoms with E-state index in [1.54, 1.807) is 12.1 Å². The van der Waals surface area contributed by atoms with Crippen molar-refractivity contribution in [1.82, 2.24) is 4.90 Å². The summed E-state index contributed by atoms with van der Waals surface area (Å²) in [4.78, 5) is 42.6. The van der Waals surface area contributed by atoms with E-state index >= 15 is 0 Å². The van der Waals surface area contributed by atoms with E-state index in [0.29, 0.717) is 62.3 Å². The van der Waals surface area contributed by atoms with Gasteiger partial charge < -0.3 is 24.4 Å². The highest BCUT2D eigenvalue weighted by Crippen LogP contribution is 2.38. The van der Waals surface area contributed by atoms with Crippen LogP contribution in [0.4, 0.5) is 16.2 Å². The fourth-order valence-electron chi connectivity index (χ4n) is 5.42. The van der Waals surface area contributed by atoms with E-state index in [9.17, 15) is 14.4 Å². The quantitative estimate of drug-likeness (QED) is 0.138. The SMILES string of the molecule is CCOc1cc(/C=C2/SC(=O)N(CC(=O)Nc3ccccc3N3CCOCC3)C2=O)cc(I)c1OCc1cccc2ccccc12. The zero-order valence-electron chi connectivity index (χ0n) is 25.2. The Hall–Kier alpha value is -4.07. The monoisotopic (exact) mass is 749 g/mol. The van der Waals surface area contributed by atoms with Gasteiger partial charge in [0.25, 0.3) is 11.1 Å². The summed E-state index contributed by atoms with van der Waals surface area (Å²) in [6.07, 6.45) is 1.65. The maximum Gasteiger partial charge on any atom is 0.294 e. The van der Waals surface area contributed by atoms with Gasteiger partial charge in [0.1, 0.15) is 13.2 Å². The zero-order valence-corrected chi connectivity index (χ0v) is 28.1. The van der Waals surface area contributed by atoms with Crippen molar-refractivity contribution < 1.29 is 28.6 Å². The second-order valence-corrected chi connectivity index (χ2v) is 12.8. The van der Waals surface area contributed by atoms with E-state index in [1.165, 1.54) is 0 Å². The highest BCUT2D eigenvalue weighted by Gasteiger charge is 2.36. The number of rotatable bonds is 10. The molecule has 6 rings (SSSR count). The average molecular weight is 750 g/mol. The molecule has 0 spiro atoms. The number of nitrogens with zero attached hydrogens (tertiary/aromatic N) is 2. The molecule has 2 aliphatic heterocycles. The Kier molecular flexibility index (Phi) is 10.1. The average Bonchev–Trinajstić information content (AvgIpc) is 3.32. The molecule has 46 heavy (non-hydrogen) atoms. The molecule has 0 saturated carbocycles. The first kappa shape index (κ1) is 31.9. The van der Waals surface area contributed by atoms with E-state index in [2.05, 4.69) is 51.0 Å². The van der Waals surface area contributed by atoms with Crippen LogP contribution in [-0.4, -0.2) is 61.4 Å². The Balaban J connectivity index is 1.16. The number of carbonyl (C=O) groups excluding carboxylic acids is 3. The molecular formula is C35H32IN3O6S. The topological polar surface area (TPSA) is 97.4 Å². The van der Waals surface area contributed by atoms with Gasteiger partial charge in [0.05, 0.1) is 39.7 Å². The van der Waals surface area contributed by atoms with E-state index in [0.717, 1.165) is 42.3 Å². The third-order valence-electron chi connectivity index (χ3n) is 7.59. The molecule has 2 fully saturated rings. The molecule has 9 nitrogen and oxygen atoms in total. The van der Waals surface area contributed by atoms with Gasteiger partial charge in [0, 0.05) is 13.1 Å². The normalized spacial score (nSPS) is 15.9. The fourth-order valence-corrected chi connectivity index (χ4v) is 7.04. The third-order valence-corrected chi connectivity index (χ3v) is 9.30. The largest absolute Gasteiger partial charge is 0.490 e. The van der Waals surface area contributed by atoms with E-state index < -0.39 is 17.1 Å². The van der Waals surface area contributed by atoms with Crippen molar-refractivity contribution in [3.63, 3.8) is 0 Å². The predicted molar refractivity (Wildman–Crippen MR) is 189 cm³/mol. The lowest BCUT2D eigenvalue weighted by atomic mass is 10.1. The highest BCUT2D eigenvalue weighted by molar-refractivity contribution is 14.1. The van der Waals surface area contributed by atoms with Gasteiger partial charge in [0.15, 0.2) is 11.5 Å². The molecule has 3 amide bonds. The van der Waals surface area contributed by atoms with Gasteiger partial charge in [-0.05, 0) is 93.5 Å². The molecule has 2 aliphatic rings. The lowest BCUT2D eigenvalue weighted by molar-refractivity contribution is -0.127. The lowest BCUT2D eigenvalue weighted by Crippen LogP contribution is -2.38. The van der Waals surface area contributed by atoms with Crippen LogP contribution < -0.4 is 19.7 Å². The first-order chi connectivity index (χ1) is 22.4. The van der Waals surface area contributed by atoms with Gasteiger partial charge in [-0.3, -0.25) is 19.3 Å². The maximum atomic E-state index is 13.3. The Labute approximate surface area is 285 Å². The number of amides is 3. The molecule has 4 aromatic rings. The van der Waals surface area contributed by atoms with Crippen LogP contribution in [-0.2, 0) is 20.9 Å². The number of carbonyl (C=O) groups is 3. The standard InChI is InChI=1S/C35H32IN3O6S/c1-2-44-30-19-23(18-27(36)33(30)45-22-25-10-7-9-24-8-3-4-11-26(24)25)20-31-34(41)39(35(42)46-31)21-32(40)37-28-12-5-6-13-29(28)38-14-16-43-17-15-38/h3-13,18-20H,2,14-17,21-22H2,1H3,(H,37,40)/b31-20+. The number of halogens is 1. The molecule has 11 heteroatoms. The fraction of sp³-hybridized carbons (Fsp3) is 0.229. The summed E-state index contributed by atoms with van der Waals surface area (Å²) in [7, 11) is 0. The Morgan fingerprint density at radius 2 is 1.76 bits per heavy atom. The molecule has 1 N–H and O–H groups in total. The van der Waals surface area contributed by atoms with Crippen molar-refractivity contribution in [2.45, 2.75) is 13.5 Å². The first-order valence-electron chi connectivity index (χ1n) is 14.9. The Bertz CT molecular complexity index is 1820. The summed E-state index contributed by atoms with van der Waals surface area (Å²) in [5, 5.41) is 4.65. The molecule has 0 bridgehead atoms. The molecule has 0 aliphatic carbocycles. The van der Waals surface area contributed by atoms with Crippen molar-refractivity contribution in [3.8, 4) is 11.5 Å². The number of hydrogen-bond acceptors (Lipinski definition) is 8.